The average Bonchev–Trinajstić information content (AvgIpc) is 3.12. The van der Waals surface area contributed by atoms with Gasteiger partial charge in [0.05, 0.1) is 12.1 Å². The van der Waals surface area contributed by atoms with Crippen molar-refractivity contribution in [2.24, 2.45) is 0 Å². The molecule has 1 aromatic carbocycles. The maximum atomic E-state index is 12.4. The van der Waals surface area contributed by atoms with Gasteiger partial charge in [0.1, 0.15) is 15.6 Å². The van der Waals surface area contributed by atoms with E-state index in [0.29, 0.717) is 20.8 Å². The number of rotatable bonds is 5. The molecule has 0 spiro atoms. The number of methoxy groups -OCH3 is 1. The van der Waals surface area contributed by atoms with E-state index in [1.54, 1.807) is 7.11 Å². The number of benzene rings is 1. The summed E-state index contributed by atoms with van der Waals surface area (Å²) in [5, 5.41) is 13.4. The molecule has 0 aliphatic carbocycles. The molecular weight excluding hydrogens is 354 g/mol. The van der Waals surface area contributed by atoms with Gasteiger partial charge >= 0.3 is 0 Å². The third-order valence-electron chi connectivity index (χ3n) is 3.19. The lowest BCUT2D eigenvalue weighted by molar-refractivity contribution is 0.103. The second kappa shape index (κ2) is 6.82. The fourth-order valence-electron chi connectivity index (χ4n) is 2.09. The van der Waals surface area contributed by atoms with Crippen LogP contribution in [0.4, 0.5) is 5.13 Å². The van der Waals surface area contributed by atoms with Crippen LogP contribution in [0.3, 0.4) is 0 Å². The van der Waals surface area contributed by atoms with Crippen LogP contribution in [0, 0.1) is 0 Å². The Kier molecular flexibility index (Phi) is 4.79. The number of fused-ring (bicyclic) bond motifs is 1. The van der Waals surface area contributed by atoms with Crippen LogP contribution in [0.1, 0.15) is 28.0 Å². The van der Waals surface area contributed by atoms with Crippen molar-refractivity contribution >= 4 is 55.4 Å². The summed E-state index contributed by atoms with van der Waals surface area (Å²) in [4.78, 5) is 12.9. The van der Waals surface area contributed by atoms with E-state index >= 15 is 0 Å². The van der Waals surface area contributed by atoms with Crippen molar-refractivity contribution in [1.29, 1.82) is 0 Å². The smallest absolute Gasteiger partial charge is 0.269 e. The van der Waals surface area contributed by atoms with E-state index in [-0.39, 0.29) is 5.91 Å². The Labute approximate surface area is 146 Å². The second-order valence-electron chi connectivity index (χ2n) is 4.81. The largest absolute Gasteiger partial charge is 0.497 e. The van der Waals surface area contributed by atoms with Gasteiger partial charge in [0.25, 0.3) is 5.91 Å². The van der Waals surface area contributed by atoms with Crippen LogP contribution >= 0.6 is 34.3 Å². The molecule has 0 fully saturated rings. The molecule has 8 heteroatoms. The molecule has 5 nitrogen and oxygen atoms in total. The summed E-state index contributed by atoms with van der Waals surface area (Å²) in [6.07, 6.45) is 1.85. The molecule has 2 aromatic heterocycles. The Morgan fingerprint density at radius 3 is 2.91 bits per heavy atom. The number of aromatic nitrogens is 2. The van der Waals surface area contributed by atoms with Crippen molar-refractivity contribution in [3.8, 4) is 5.75 Å². The minimum absolute atomic E-state index is 0.269. The molecule has 0 aliphatic heterocycles. The molecule has 1 N–H and O–H groups in total. The first-order valence-electron chi connectivity index (χ1n) is 7.02. The monoisotopic (exact) mass is 367 g/mol. The number of anilines is 1. The highest BCUT2D eigenvalue weighted by molar-refractivity contribution is 7.22. The zero-order chi connectivity index (χ0) is 16.4. The predicted molar refractivity (Wildman–Crippen MR) is 95.2 cm³/mol. The van der Waals surface area contributed by atoms with Gasteiger partial charge in [-0.1, -0.05) is 29.9 Å². The van der Waals surface area contributed by atoms with Gasteiger partial charge in [-0.05, 0) is 24.6 Å². The number of hydrogen-bond donors (Lipinski definition) is 1. The van der Waals surface area contributed by atoms with Crippen molar-refractivity contribution in [3.05, 3.63) is 33.1 Å². The summed E-state index contributed by atoms with van der Waals surface area (Å²) in [7, 11) is 1.60. The van der Waals surface area contributed by atoms with E-state index < -0.39 is 0 Å². The van der Waals surface area contributed by atoms with Gasteiger partial charge in [0.15, 0.2) is 0 Å². The van der Waals surface area contributed by atoms with Gasteiger partial charge in [-0.2, -0.15) is 0 Å². The molecule has 0 radical (unpaired) electrons. The van der Waals surface area contributed by atoms with Gasteiger partial charge in [0, 0.05) is 16.5 Å². The summed E-state index contributed by atoms with van der Waals surface area (Å²) in [6.45, 7) is 2.07. The summed E-state index contributed by atoms with van der Waals surface area (Å²) < 4.78 is 6.13. The molecule has 2 heterocycles. The average molecular weight is 368 g/mol. The number of halogens is 1. The highest BCUT2D eigenvalue weighted by Gasteiger charge is 2.19. The molecule has 120 valence electrons. The van der Waals surface area contributed by atoms with Crippen molar-refractivity contribution < 1.29 is 9.53 Å². The molecular formula is C15H14ClN3O2S2. The van der Waals surface area contributed by atoms with Crippen LogP contribution in [0.25, 0.3) is 10.1 Å². The van der Waals surface area contributed by atoms with E-state index in [0.717, 1.165) is 27.9 Å². The van der Waals surface area contributed by atoms with Crippen LogP contribution in [0.5, 0.6) is 5.75 Å². The van der Waals surface area contributed by atoms with Crippen LogP contribution in [0.2, 0.25) is 5.02 Å². The van der Waals surface area contributed by atoms with E-state index in [1.165, 1.54) is 22.7 Å². The first-order valence-corrected chi connectivity index (χ1v) is 9.03. The van der Waals surface area contributed by atoms with Crippen LogP contribution in [0.15, 0.2) is 18.2 Å². The first-order chi connectivity index (χ1) is 11.1. The number of amides is 1. The highest BCUT2D eigenvalue weighted by Crippen LogP contribution is 2.37. The fraction of sp³-hybridized carbons (Fsp3) is 0.267. The van der Waals surface area contributed by atoms with Gasteiger partial charge in [0.2, 0.25) is 5.13 Å². The maximum absolute atomic E-state index is 12.4. The molecule has 0 saturated carbocycles. The SMILES string of the molecule is CCCc1nnc(NC(=O)c2sc3ccc(OC)cc3c2Cl)s1. The molecule has 0 atom stereocenters. The Morgan fingerprint density at radius 1 is 1.35 bits per heavy atom. The quantitative estimate of drug-likeness (QED) is 0.714. The minimum atomic E-state index is -0.269. The molecule has 23 heavy (non-hydrogen) atoms. The van der Waals surface area contributed by atoms with Gasteiger partial charge in [-0.3, -0.25) is 10.1 Å². The Morgan fingerprint density at radius 2 is 2.17 bits per heavy atom. The lowest BCUT2D eigenvalue weighted by Crippen LogP contribution is -2.10. The normalized spacial score (nSPS) is 10.9. The minimum Gasteiger partial charge on any atom is -0.497 e. The van der Waals surface area contributed by atoms with Crippen molar-refractivity contribution in [1.82, 2.24) is 10.2 Å². The van der Waals surface area contributed by atoms with E-state index in [4.69, 9.17) is 16.3 Å². The molecule has 0 bridgehead atoms. The van der Waals surface area contributed by atoms with Gasteiger partial charge in [-0.25, -0.2) is 0 Å². The van der Waals surface area contributed by atoms with Crippen molar-refractivity contribution in [3.63, 3.8) is 0 Å². The Balaban J connectivity index is 1.86. The van der Waals surface area contributed by atoms with Crippen molar-refractivity contribution in [2.45, 2.75) is 19.8 Å². The summed E-state index contributed by atoms with van der Waals surface area (Å²) in [5.41, 5.74) is 0. The number of aryl methyl sites for hydroxylation is 1. The Hall–Kier alpha value is -1.70. The standard InChI is InChI=1S/C15H14ClN3O2S2/c1-3-4-11-18-19-15(23-11)17-14(20)13-12(16)9-7-8(21-2)5-6-10(9)22-13/h5-7H,3-4H2,1-2H3,(H,17,19,20). The lowest BCUT2D eigenvalue weighted by Gasteiger charge is -1.99. The number of nitrogens with one attached hydrogen (secondary N) is 1. The fourth-order valence-corrected chi connectivity index (χ4v) is 4.31. The summed E-state index contributed by atoms with van der Waals surface area (Å²) in [6, 6.07) is 5.57. The van der Waals surface area contributed by atoms with Crippen LogP contribution in [-0.2, 0) is 6.42 Å². The predicted octanol–water partition coefficient (Wildman–Crippen LogP) is 4.62. The molecule has 0 unspecified atom stereocenters. The number of carbonyl (C=O) groups is 1. The molecule has 3 aromatic rings. The molecule has 1 amide bonds. The summed E-state index contributed by atoms with van der Waals surface area (Å²) >= 11 is 9.09. The first kappa shape index (κ1) is 16.2. The zero-order valence-electron chi connectivity index (χ0n) is 12.6. The van der Waals surface area contributed by atoms with Gasteiger partial charge in [-0.15, -0.1) is 21.5 Å². The lowest BCUT2D eigenvalue weighted by atomic mass is 10.2. The van der Waals surface area contributed by atoms with Crippen molar-refractivity contribution in [2.75, 3.05) is 12.4 Å². The van der Waals surface area contributed by atoms with Crippen LogP contribution < -0.4 is 10.1 Å². The second-order valence-corrected chi connectivity index (χ2v) is 7.30. The number of nitrogens with zero attached hydrogens (tertiary/aromatic N) is 2. The Bertz CT molecular complexity index is 860. The van der Waals surface area contributed by atoms with Crippen LogP contribution in [-0.4, -0.2) is 23.2 Å². The zero-order valence-corrected chi connectivity index (χ0v) is 14.9. The molecule has 3 rings (SSSR count). The number of hydrogen-bond acceptors (Lipinski definition) is 6. The van der Waals surface area contributed by atoms with Gasteiger partial charge < -0.3 is 4.74 Å². The summed E-state index contributed by atoms with van der Waals surface area (Å²) in [5.74, 6) is 0.437. The molecule has 0 saturated heterocycles. The number of thiophene rings is 1. The van der Waals surface area contributed by atoms with E-state index in [2.05, 4.69) is 22.4 Å². The number of ether oxygens (including phenoxy) is 1. The van der Waals surface area contributed by atoms with E-state index in [9.17, 15) is 4.79 Å². The highest BCUT2D eigenvalue weighted by atomic mass is 35.5. The van der Waals surface area contributed by atoms with E-state index in [1.807, 2.05) is 18.2 Å². The topological polar surface area (TPSA) is 64.1 Å². The third-order valence-corrected chi connectivity index (χ3v) is 5.76. The maximum Gasteiger partial charge on any atom is 0.269 e. The number of carbonyl (C=O) groups excluding carboxylic acids is 1. The molecule has 0 aliphatic rings. The third kappa shape index (κ3) is 3.31.